The van der Waals surface area contributed by atoms with E-state index in [4.69, 9.17) is 16.7 Å². The normalized spacial score (nSPS) is 13.1. The molecule has 0 fully saturated rings. The van der Waals surface area contributed by atoms with Gasteiger partial charge >= 0.3 is 5.97 Å². The summed E-state index contributed by atoms with van der Waals surface area (Å²) in [4.78, 5) is 11.1. The van der Waals surface area contributed by atoms with Crippen LogP contribution in [0, 0.1) is 0 Å². The molecule has 0 aliphatic rings. The second-order valence-electron chi connectivity index (χ2n) is 3.80. The van der Waals surface area contributed by atoms with E-state index in [1.807, 2.05) is 0 Å². The van der Waals surface area contributed by atoms with Crippen LogP contribution in [0.2, 0.25) is 5.02 Å². The van der Waals surface area contributed by atoms with Gasteiger partial charge in [0.15, 0.2) is 0 Å². The van der Waals surface area contributed by atoms with Gasteiger partial charge in [0.05, 0.1) is 11.9 Å². The van der Waals surface area contributed by atoms with Crippen LogP contribution >= 0.6 is 11.6 Å². The Hall–Kier alpha value is -1.27. The van der Waals surface area contributed by atoms with Crippen LogP contribution in [-0.4, -0.2) is 31.8 Å². The number of carboxylic acid groups (broad SMARTS) is 1. The van der Waals surface area contributed by atoms with E-state index in [1.54, 1.807) is 6.92 Å². The van der Waals surface area contributed by atoms with Gasteiger partial charge in [-0.2, -0.15) is 0 Å². The number of hydrogen-bond donors (Lipinski definition) is 1. The SMILES string of the molecule is CC[C@@H](C(=O)O)N(c1ccc(Cl)cc1)S(C)(=O)=O. The average molecular weight is 292 g/mol. The first kappa shape index (κ1) is 14.8. The first-order chi connectivity index (χ1) is 8.27. The lowest BCUT2D eigenvalue weighted by Crippen LogP contribution is -2.44. The van der Waals surface area contributed by atoms with E-state index in [0.717, 1.165) is 10.6 Å². The number of hydrogen-bond acceptors (Lipinski definition) is 3. The summed E-state index contributed by atoms with van der Waals surface area (Å²) >= 11 is 5.72. The van der Waals surface area contributed by atoms with Crippen molar-refractivity contribution in [2.75, 3.05) is 10.6 Å². The molecule has 0 saturated carbocycles. The fraction of sp³-hybridized carbons (Fsp3) is 0.364. The molecule has 0 spiro atoms. The minimum absolute atomic E-state index is 0.172. The molecule has 1 aromatic carbocycles. The van der Waals surface area contributed by atoms with Crippen LogP contribution in [0.25, 0.3) is 0 Å². The summed E-state index contributed by atoms with van der Waals surface area (Å²) in [6, 6.07) is 4.87. The Kier molecular flexibility index (Phi) is 4.59. The summed E-state index contributed by atoms with van der Waals surface area (Å²) in [7, 11) is -3.68. The molecule has 0 amide bonds. The molecule has 0 aliphatic carbocycles. The third-order valence-corrected chi connectivity index (χ3v) is 3.83. The number of benzene rings is 1. The first-order valence-electron chi connectivity index (χ1n) is 5.25. The van der Waals surface area contributed by atoms with Crippen molar-refractivity contribution in [3.63, 3.8) is 0 Å². The predicted molar refractivity (Wildman–Crippen MR) is 70.5 cm³/mol. The van der Waals surface area contributed by atoms with Crippen molar-refractivity contribution in [3.8, 4) is 0 Å². The van der Waals surface area contributed by atoms with Crippen LogP contribution in [0.15, 0.2) is 24.3 Å². The van der Waals surface area contributed by atoms with Gasteiger partial charge in [-0.25, -0.2) is 13.2 Å². The highest BCUT2D eigenvalue weighted by Gasteiger charge is 2.31. The zero-order valence-corrected chi connectivity index (χ0v) is 11.6. The summed E-state index contributed by atoms with van der Waals surface area (Å²) in [6.07, 6.45) is 1.15. The zero-order chi connectivity index (χ0) is 13.9. The lowest BCUT2D eigenvalue weighted by Gasteiger charge is -2.28. The zero-order valence-electron chi connectivity index (χ0n) is 10.00. The molecule has 0 aliphatic heterocycles. The van der Waals surface area contributed by atoms with E-state index >= 15 is 0 Å². The molecular formula is C11H14ClNO4S. The smallest absolute Gasteiger partial charge is 0.327 e. The highest BCUT2D eigenvalue weighted by atomic mass is 35.5. The van der Waals surface area contributed by atoms with Crippen molar-refractivity contribution >= 4 is 33.3 Å². The van der Waals surface area contributed by atoms with Crippen molar-refractivity contribution in [2.45, 2.75) is 19.4 Å². The van der Waals surface area contributed by atoms with Crippen LogP contribution in [0.5, 0.6) is 0 Å². The molecule has 0 unspecified atom stereocenters. The van der Waals surface area contributed by atoms with E-state index in [9.17, 15) is 13.2 Å². The molecule has 0 saturated heterocycles. The summed E-state index contributed by atoms with van der Waals surface area (Å²) in [5.74, 6) is -1.18. The average Bonchev–Trinajstić information content (AvgIpc) is 2.25. The van der Waals surface area contributed by atoms with Crippen molar-refractivity contribution in [2.24, 2.45) is 0 Å². The third kappa shape index (κ3) is 3.36. The maximum atomic E-state index is 11.8. The fourth-order valence-electron chi connectivity index (χ4n) is 1.63. The third-order valence-electron chi connectivity index (χ3n) is 2.39. The fourth-order valence-corrected chi connectivity index (χ4v) is 2.96. The molecule has 0 aromatic heterocycles. The Bertz CT molecular complexity index is 526. The standard InChI is InChI=1S/C11H14ClNO4S/c1-3-10(11(14)15)13(18(2,16)17)9-6-4-8(12)5-7-9/h4-7,10H,3H2,1-2H3,(H,14,15)/t10-/m0/s1. The molecule has 1 aromatic rings. The van der Waals surface area contributed by atoms with Crippen molar-refractivity contribution in [1.82, 2.24) is 0 Å². The highest BCUT2D eigenvalue weighted by Crippen LogP contribution is 2.24. The van der Waals surface area contributed by atoms with E-state index in [0.29, 0.717) is 5.02 Å². The summed E-state index contributed by atoms with van der Waals surface area (Å²) in [5, 5.41) is 9.54. The maximum Gasteiger partial charge on any atom is 0.327 e. The second-order valence-corrected chi connectivity index (χ2v) is 6.09. The Morgan fingerprint density at radius 3 is 2.22 bits per heavy atom. The molecule has 0 bridgehead atoms. The van der Waals surface area contributed by atoms with Gasteiger partial charge in [0, 0.05) is 5.02 Å². The van der Waals surface area contributed by atoms with Crippen molar-refractivity contribution in [3.05, 3.63) is 29.3 Å². The van der Waals surface area contributed by atoms with Gasteiger partial charge in [0.25, 0.3) is 0 Å². The Labute approximate surface area is 111 Å². The van der Waals surface area contributed by atoms with Gasteiger partial charge in [0.2, 0.25) is 10.0 Å². The Morgan fingerprint density at radius 1 is 1.39 bits per heavy atom. The van der Waals surface area contributed by atoms with E-state index in [-0.39, 0.29) is 12.1 Å². The minimum Gasteiger partial charge on any atom is -0.480 e. The van der Waals surface area contributed by atoms with Crippen LogP contribution in [0.4, 0.5) is 5.69 Å². The number of nitrogens with zero attached hydrogens (tertiary/aromatic N) is 1. The largest absolute Gasteiger partial charge is 0.480 e. The molecule has 0 radical (unpaired) electrons. The molecule has 18 heavy (non-hydrogen) atoms. The van der Waals surface area contributed by atoms with Crippen molar-refractivity contribution < 1.29 is 18.3 Å². The van der Waals surface area contributed by atoms with E-state index in [1.165, 1.54) is 24.3 Å². The van der Waals surface area contributed by atoms with Gasteiger partial charge in [-0.15, -0.1) is 0 Å². The van der Waals surface area contributed by atoms with Crippen LogP contribution in [0.1, 0.15) is 13.3 Å². The molecule has 1 N–H and O–H groups in total. The first-order valence-corrected chi connectivity index (χ1v) is 7.47. The Balaban J connectivity index is 3.30. The highest BCUT2D eigenvalue weighted by molar-refractivity contribution is 7.92. The second kappa shape index (κ2) is 5.58. The van der Waals surface area contributed by atoms with Crippen LogP contribution in [0.3, 0.4) is 0 Å². The minimum atomic E-state index is -3.68. The number of rotatable bonds is 5. The van der Waals surface area contributed by atoms with Crippen LogP contribution < -0.4 is 4.31 Å². The summed E-state index contributed by atoms with van der Waals surface area (Å²) in [5.41, 5.74) is 0.288. The predicted octanol–water partition coefficient (Wildman–Crippen LogP) is 1.97. The molecule has 100 valence electrons. The maximum absolute atomic E-state index is 11.8. The van der Waals surface area contributed by atoms with Gasteiger partial charge in [-0.3, -0.25) is 4.31 Å². The number of anilines is 1. The number of sulfonamides is 1. The number of halogens is 1. The molecule has 1 atom stereocenters. The van der Waals surface area contributed by atoms with Gasteiger partial charge in [-0.1, -0.05) is 18.5 Å². The van der Waals surface area contributed by atoms with E-state index in [2.05, 4.69) is 0 Å². The quantitative estimate of drug-likeness (QED) is 0.900. The van der Waals surface area contributed by atoms with Crippen molar-refractivity contribution in [1.29, 1.82) is 0 Å². The summed E-state index contributed by atoms with van der Waals surface area (Å²) < 4.78 is 24.4. The molecule has 7 heteroatoms. The molecule has 1 rings (SSSR count). The lowest BCUT2D eigenvalue weighted by atomic mass is 10.2. The summed E-state index contributed by atoms with van der Waals surface area (Å²) in [6.45, 7) is 1.62. The Morgan fingerprint density at radius 2 is 1.89 bits per heavy atom. The molecule has 0 heterocycles. The van der Waals surface area contributed by atoms with E-state index < -0.39 is 22.0 Å². The topological polar surface area (TPSA) is 74.7 Å². The monoisotopic (exact) mass is 291 g/mol. The number of carbonyl (C=O) groups is 1. The van der Waals surface area contributed by atoms with Crippen LogP contribution in [-0.2, 0) is 14.8 Å². The molecular weight excluding hydrogens is 278 g/mol. The lowest BCUT2D eigenvalue weighted by molar-refractivity contribution is -0.138. The molecule has 5 nitrogen and oxygen atoms in total. The number of carboxylic acids is 1. The number of aliphatic carboxylic acids is 1. The van der Waals surface area contributed by atoms with Gasteiger partial charge in [-0.05, 0) is 30.7 Å². The van der Waals surface area contributed by atoms with Gasteiger partial charge in [0.1, 0.15) is 6.04 Å². The van der Waals surface area contributed by atoms with Gasteiger partial charge < -0.3 is 5.11 Å².